The fraction of sp³-hybridized carbons (Fsp3) is 0. The number of carbonyl (C=O) groups is 1. The molecule has 0 aromatic heterocycles. The molecule has 0 bridgehead atoms. The Kier molecular flexibility index (Phi) is 2.81. The van der Waals surface area contributed by atoms with E-state index in [1.54, 1.807) is 6.07 Å². The minimum Gasteiger partial charge on any atom is -0.478 e. The van der Waals surface area contributed by atoms with Crippen molar-refractivity contribution in [3.8, 4) is 0 Å². The van der Waals surface area contributed by atoms with Crippen LogP contribution in [0.3, 0.4) is 0 Å². The van der Waals surface area contributed by atoms with Gasteiger partial charge in [0.2, 0.25) is 0 Å². The van der Waals surface area contributed by atoms with Crippen LogP contribution < -0.4 is 0 Å². The molecular weight excluding hydrogens is 296 g/mol. The summed E-state index contributed by atoms with van der Waals surface area (Å²) in [6, 6.07) is 19.8. The molecule has 4 aromatic rings. The maximum atomic E-state index is 11.5. The number of rotatable bonds is 1. The van der Waals surface area contributed by atoms with Crippen LogP contribution in [0.4, 0.5) is 0 Å². The predicted octanol–water partition coefficient (Wildman–Crippen LogP) is 5.50. The van der Waals surface area contributed by atoms with Crippen LogP contribution in [0, 0.1) is 0 Å². The molecule has 4 rings (SSSR count). The SMILES string of the molecule is O=C(O)c1c(Cl)ccc2cc3cc4ccccc4cc3cc12. The highest BCUT2D eigenvalue weighted by atomic mass is 35.5. The topological polar surface area (TPSA) is 37.3 Å². The van der Waals surface area contributed by atoms with Gasteiger partial charge in [0.25, 0.3) is 0 Å². The molecule has 22 heavy (non-hydrogen) atoms. The van der Waals surface area contributed by atoms with E-state index in [1.807, 2.05) is 30.3 Å². The Hall–Kier alpha value is -2.58. The summed E-state index contributed by atoms with van der Waals surface area (Å²) in [6.07, 6.45) is 0. The maximum absolute atomic E-state index is 11.5. The molecule has 0 heterocycles. The third-order valence-electron chi connectivity index (χ3n) is 4.00. The van der Waals surface area contributed by atoms with Crippen molar-refractivity contribution in [1.29, 1.82) is 0 Å². The molecule has 0 fully saturated rings. The van der Waals surface area contributed by atoms with E-state index in [-0.39, 0.29) is 10.6 Å². The molecule has 4 aromatic carbocycles. The standard InChI is InChI=1S/C19H11ClO2/c20-17-6-5-13-9-14-7-11-3-1-2-4-12(11)8-15(14)10-16(13)18(17)19(21)22/h1-10H,(H,21,22). The Morgan fingerprint density at radius 3 is 2.00 bits per heavy atom. The van der Waals surface area contributed by atoms with Gasteiger partial charge in [0.15, 0.2) is 0 Å². The van der Waals surface area contributed by atoms with Crippen LogP contribution in [-0.4, -0.2) is 11.1 Å². The molecule has 106 valence electrons. The summed E-state index contributed by atoms with van der Waals surface area (Å²) >= 11 is 6.06. The zero-order valence-electron chi connectivity index (χ0n) is 11.5. The lowest BCUT2D eigenvalue weighted by Crippen LogP contribution is -1.98. The van der Waals surface area contributed by atoms with Gasteiger partial charge in [-0.1, -0.05) is 41.9 Å². The number of fused-ring (bicyclic) bond motifs is 3. The van der Waals surface area contributed by atoms with E-state index < -0.39 is 5.97 Å². The molecule has 0 aliphatic rings. The highest BCUT2D eigenvalue weighted by Gasteiger charge is 2.14. The lowest BCUT2D eigenvalue weighted by molar-refractivity contribution is 0.0699. The molecule has 0 saturated carbocycles. The third-order valence-corrected chi connectivity index (χ3v) is 4.32. The minimum absolute atomic E-state index is 0.161. The molecule has 0 aliphatic carbocycles. The monoisotopic (exact) mass is 306 g/mol. The summed E-state index contributed by atoms with van der Waals surface area (Å²) in [5.74, 6) is -1.00. The van der Waals surface area contributed by atoms with Gasteiger partial charge >= 0.3 is 5.97 Å². The van der Waals surface area contributed by atoms with Gasteiger partial charge in [0.05, 0.1) is 10.6 Å². The first-order valence-electron chi connectivity index (χ1n) is 6.91. The number of carboxylic acid groups (broad SMARTS) is 1. The average molecular weight is 307 g/mol. The van der Waals surface area contributed by atoms with Crippen LogP contribution >= 0.6 is 11.6 Å². The van der Waals surface area contributed by atoms with Gasteiger partial charge < -0.3 is 5.11 Å². The molecular formula is C19H11ClO2. The zero-order chi connectivity index (χ0) is 15.3. The van der Waals surface area contributed by atoms with Crippen molar-refractivity contribution >= 4 is 49.9 Å². The zero-order valence-corrected chi connectivity index (χ0v) is 12.3. The number of benzene rings is 4. The van der Waals surface area contributed by atoms with Crippen molar-refractivity contribution < 1.29 is 9.90 Å². The maximum Gasteiger partial charge on any atom is 0.337 e. The lowest BCUT2D eigenvalue weighted by atomic mass is 9.97. The van der Waals surface area contributed by atoms with Crippen molar-refractivity contribution in [2.24, 2.45) is 0 Å². The van der Waals surface area contributed by atoms with Crippen LogP contribution in [0.15, 0.2) is 60.7 Å². The second-order valence-corrected chi connectivity index (χ2v) is 5.75. The summed E-state index contributed by atoms with van der Waals surface area (Å²) < 4.78 is 0. The first kappa shape index (κ1) is 13.1. The van der Waals surface area contributed by atoms with Crippen molar-refractivity contribution in [2.45, 2.75) is 0 Å². The predicted molar refractivity (Wildman–Crippen MR) is 90.9 cm³/mol. The number of carboxylic acids is 1. The Balaban J connectivity index is 2.17. The summed E-state index contributed by atoms with van der Waals surface area (Å²) in [6.45, 7) is 0. The summed E-state index contributed by atoms with van der Waals surface area (Å²) in [5, 5.41) is 15.6. The van der Waals surface area contributed by atoms with E-state index in [4.69, 9.17) is 11.6 Å². The Labute approximate surface area is 131 Å². The molecule has 0 amide bonds. The van der Waals surface area contributed by atoms with E-state index in [9.17, 15) is 9.90 Å². The van der Waals surface area contributed by atoms with Gasteiger partial charge in [-0.15, -0.1) is 0 Å². The van der Waals surface area contributed by atoms with Crippen molar-refractivity contribution in [3.63, 3.8) is 0 Å². The van der Waals surface area contributed by atoms with Crippen LogP contribution in [0.5, 0.6) is 0 Å². The van der Waals surface area contributed by atoms with E-state index in [1.165, 1.54) is 5.39 Å². The van der Waals surface area contributed by atoms with Gasteiger partial charge in [-0.25, -0.2) is 4.79 Å². The Morgan fingerprint density at radius 1 is 0.773 bits per heavy atom. The highest BCUT2D eigenvalue weighted by Crippen LogP contribution is 2.32. The quantitative estimate of drug-likeness (QED) is 0.472. The Morgan fingerprint density at radius 2 is 1.36 bits per heavy atom. The molecule has 3 heteroatoms. The molecule has 0 spiro atoms. The minimum atomic E-state index is -1.00. The molecule has 0 saturated heterocycles. The number of hydrogen-bond acceptors (Lipinski definition) is 1. The van der Waals surface area contributed by atoms with E-state index in [0.717, 1.165) is 21.5 Å². The smallest absolute Gasteiger partial charge is 0.337 e. The van der Waals surface area contributed by atoms with Gasteiger partial charge in [0.1, 0.15) is 0 Å². The van der Waals surface area contributed by atoms with Gasteiger partial charge in [0, 0.05) is 0 Å². The van der Waals surface area contributed by atoms with Crippen LogP contribution in [-0.2, 0) is 0 Å². The Bertz CT molecular complexity index is 1070. The summed E-state index contributed by atoms with van der Waals surface area (Å²) in [7, 11) is 0. The van der Waals surface area contributed by atoms with Crippen molar-refractivity contribution in [3.05, 3.63) is 71.2 Å². The number of aromatic carboxylic acids is 1. The highest BCUT2D eigenvalue weighted by molar-refractivity contribution is 6.35. The van der Waals surface area contributed by atoms with Gasteiger partial charge in [-0.05, 0) is 62.6 Å². The van der Waals surface area contributed by atoms with Crippen molar-refractivity contribution in [1.82, 2.24) is 0 Å². The summed E-state index contributed by atoms with van der Waals surface area (Å²) in [4.78, 5) is 11.5. The van der Waals surface area contributed by atoms with Gasteiger partial charge in [-0.3, -0.25) is 0 Å². The third kappa shape index (κ3) is 1.92. The van der Waals surface area contributed by atoms with E-state index in [2.05, 4.69) is 24.3 Å². The van der Waals surface area contributed by atoms with Crippen LogP contribution in [0.25, 0.3) is 32.3 Å². The second-order valence-electron chi connectivity index (χ2n) is 5.35. The lowest BCUT2D eigenvalue weighted by Gasteiger charge is -2.08. The molecule has 0 radical (unpaired) electrons. The first-order valence-corrected chi connectivity index (χ1v) is 7.29. The number of halogens is 1. The van der Waals surface area contributed by atoms with Gasteiger partial charge in [-0.2, -0.15) is 0 Å². The fourth-order valence-electron chi connectivity index (χ4n) is 2.96. The summed E-state index contributed by atoms with van der Waals surface area (Å²) in [5.41, 5.74) is 0.161. The van der Waals surface area contributed by atoms with Crippen molar-refractivity contribution in [2.75, 3.05) is 0 Å². The molecule has 0 atom stereocenters. The fourth-order valence-corrected chi connectivity index (χ4v) is 3.20. The van der Waals surface area contributed by atoms with Crippen LogP contribution in [0.2, 0.25) is 5.02 Å². The second kappa shape index (κ2) is 4.72. The first-order chi connectivity index (χ1) is 10.6. The normalized spacial score (nSPS) is 11.3. The largest absolute Gasteiger partial charge is 0.478 e. The average Bonchev–Trinajstić information content (AvgIpc) is 2.50. The molecule has 2 nitrogen and oxygen atoms in total. The van der Waals surface area contributed by atoms with E-state index in [0.29, 0.717) is 5.39 Å². The molecule has 0 aliphatic heterocycles. The number of hydrogen-bond donors (Lipinski definition) is 1. The van der Waals surface area contributed by atoms with E-state index >= 15 is 0 Å². The van der Waals surface area contributed by atoms with Crippen LogP contribution in [0.1, 0.15) is 10.4 Å². The molecule has 1 N–H and O–H groups in total. The molecule has 0 unspecified atom stereocenters.